The number of hydrogen-bond donors (Lipinski definition) is 0. The standard InChI is InChI=1S/C10H18N2/c1-12(9-10-5-6-10)8-4-2-3-7-11/h10H,2-6,8-9H2,1H3. The molecule has 0 amide bonds. The summed E-state index contributed by atoms with van der Waals surface area (Å²) in [5.41, 5.74) is 0. The molecule has 0 aliphatic heterocycles. The molecule has 0 spiro atoms. The van der Waals surface area contributed by atoms with Crippen LogP contribution in [0.25, 0.3) is 0 Å². The summed E-state index contributed by atoms with van der Waals surface area (Å²) < 4.78 is 0. The van der Waals surface area contributed by atoms with E-state index in [1.165, 1.54) is 25.8 Å². The van der Waals surface area contributed by atoms with Crippen molar-refractivity contribution >= 4 is 0 Å². The van der Waals surface area contributed by atoms with Crippen molar-refractivity contribution in [3.05, 3.63) is 0 Å². The van der Waals surface area contributed by atoms with Gasteiger partial charge in [0.15, 0.2) is 0 Å². The minimum Gasteiger partial charge on any atom is -0.306 e. The number of rotatable bonds is 6. The third-order valence-electron chi connectivity index (χ3n) is 2.35. The Kier molecular flexibility index (Phi) is 4.10. The highest BCUT2D eigenvalue weighted by atomic mass is 15.1. The molecule has 2 heteroatoms. The van der Waals surface area contributed by atoms with E-state index in [1.807, 2.05) is 0 Å². The Morgan fingerprint density at radius 2 is 2.17 bits per heavy atom. The van der Waals surface area contributed by atoms with E-state index in [0.29, 0.717) is 0 Å². The van der Waals surface area contributed by atoms with Crippen LogP contribution in [0.5, 0.6) is 0 Å². The minimum absolute atomic E-state index is 0.720. The first-order valence-electron chi connectivity index (χ1n) is 4.88. The van der Waals surface area contributed by atoms with Gasteiger partial charge in [-0.25, -0.2) is 0 Å². The van der Waals surface area contributed by atoms with Crippen LogP contribution in [-0.2, 0) is 0 Å². The molecule has 1 fully saturated rings. The van der Waals surface area contributed by atoms with Gasteiger partial charge in [-0.3, -0.25) is 0 Å². The monoisotopic (exact) mass is 166 g/mol. The molecule has 1 aliphatic carbocycles. The SMILES string of the molecule is CN(CCCCC#N)CC1CC1. The summed E-state index contributed by atoms with van der Waals surface area (Å²) >= 11 is 0. The van der Waals surface area contributed by atoms with Crippen molar-refractivity contribution in [3.8, 4) is 6.07 Å². The van der Waals surface area contributed by atoms with Crippen LogP contribution in [0.3, 0.4) is 0 Å². The normalized spacial score (nSPS) is 16.4. The average molecular weight is 166 g/mol. The van der Waals surface area contributed by atoms with Crippen molar-refractivity contribution < 1.29 is 0 Å². The summed E-state index contributed by atoms with van der Waals surface area (Å²) in [4.78, 5) is 2.40. The quantitative estimate of drug-likeness (QED) is 0.564. The Morgan fingerprint density at radius 3 is 2.75 bits per heavy atom. The van der Waals surface area contributed by atoms with Gasteiger partial charge in [-0.15, -0.1) is 0 Å². The maximum absolute atomic E-state index is 8.32. The zero-order chi connectivity index (χ0) is 8.81. The molecule has 0 unspecified atom stereocenters. The summed E-state index contributed by atoms with van der Waals surface area (Å²) in [7, 11) is 2.19. The second-order valence-electron chi connectivity index (χ2n) is 3.82. The van der Waals surface area contributed by atoms with Crippen LogP contribution < -0.4 is 0 Å². The topological polar surface area (TPSA) is 27.0 Å². The second kappa shape index (κ2) is 5.16. The van der Waals surface area contributed by atoms with E-state index in [2.05, 4.69) is 18.0 Å². The van der Waals surface area contributed by atoms with Gasteiger partial charge < -0.3 is 4.90 Å². The van der Waals surface area contributed by atoms with Gasteiger partial charge in [-0.1, -0.05) is 0 Å². The fourth-order valence-electron chi connectivity index (χ4n) is 1.42. The van der Waals surface area contributed by atoms with Crippen molar-refractivity contribution in [2.45, 2.75) is 32.1 Å². The largest absolute Gasteiger partial charge is 0.306 e. The lowest BCUT2D eigenvalue weighted by atomic mass is 10.2. The molecule has 0 aromatic heterocycles. The van der Waals surface area contributed by atoms with Gasteiger partial charge in [0.2, 0.25) is 0 Å². The number of unbranched alkanes of at least 4 members (excludes halogenated alkanes) is 2. The molecule has 0 atom stereocenters. The van der Waals surface area contributed by atoms with Gasteiger partial charge >= 0.3 is 0 Å². The van der Waals surface area contributed by atoms with Crippen LogP contribution in [-0.4, -0.2) is 25.0 Å². The van der Waals surface area contributed by atoms with Crippen molar-refractivity contribution in [2.75, 3.05) is 20.1 Å². The molecule has 1 rings (SSSR count). The third kappa shape index (κ3) is 4.35. The fraction of sp³-hybridized carbons (Fsp3) is 0.900. The lowest BCUT2D eigenvalue weighted by Gasteiger charge is -2.14. The Balaban J connectivity index is 1.87. The molecular formula is C10H18N2. The molecule has 0 aromatic rings. The number of nitriles is 1. The minimum atomic E-state index is 0.720. The zero-order valence-corrected chi connectivity index (χ0v) is 7.92. The maximum Gasteiger partial charge on any atom is 0.0621 e. The molecule has 1 aliphatic rings. The van der Waals surface area contributed by atoms with Crippen LogP contribution >= 0.6 is 0 Å². The molecule has 0 saturated heterocycles. The highest BCUT2D eigenvalue weighted by Gasteiger charge is 2.22. The van der Waals surface area contributed by atoms with Crippen LogP contribution in [0.15, 0.2) is 0 Å². The first kappa shape index (κ1) is 9.54. The van der Waals surface area contributed by atoms with E-state index in [0.717, 1.165) is 25.3 Å². The smallest absolute Gasteiger partial charge is 0.0621 e. The second-order valence-corrected chi connectivity index (χ2v) is 3.82. The van der Waals surface area contributed by atoms with Gasteiger partial charge in [0.25, 0.3) is 0 Å². The first-order chi connectivity index (χ1) is 5.83. The van der Waals surface area contributed by atoms with Crippen molar-refractivity contribution in [2.24, 2.45) is 5.92 Å². The summed E-state index contributed by atoms with van der Waals surface area (Å²) in [6, 6.07) is 2.18. The van der Waals surface area contributed by atoms with Crippen LogP contribution in [0.2, 0.25) is 0 Å². The Morgan fingerprint density at radius 1 is 1.42 bits per heavy atom. The Bertz CT molecular complexity index is 156. The molecule has 2 nitrogen and oxygen atoms in total. The van der Waals surface area contributed by atoms with Crippen LogP contribution in [0.4, 0.5) is 0 Å². The van der Waals surface area contributed by atoms with Crippen LogP contribution in [0, 0.1) is 17.2 Å². The van der Waals surface area contributed by atoms with Gasteiger partial charge in [-0.05, 0) is 45.2 Å². The Hall–Kier alpha value is -0.550. The molecule has 12 heavy (non-hydrogen) atoms. The molecule has 0 bridgehead atoms. The molecule has 0 radical (unpaired) electrons. The van der Waals surface area contributed by atoms with E-state index in [4.69, 9.17) is 5.26 Å². The van der Waals surface area contributed by atoms with Crippen LogP contribution in [0.1, 0.15) is 32.1 Å². The predicted octanol–water partition coefficient (Wildman–Crippen LogP) is 2.02. The molecule has 1 saturated carbocycles. The lowest BCUT2D eigenvalue weighted by molar-refractivity contribution is 0.313. The maximum atomic E-state index is 8.32. The van der Waals surface area contributed by atoms with Crippen molar-refractivity contribution in [3.63, 3.8) is 0 Å². The van der Waals surface area contributed by atoms with E-state index in [-0.39, 0.29) is 0 Å². The van der Waals surface area contributed by atoms with Gasteiger partial charge in [-0.2, -0.15) is 5.26 Å². The summed E-state index contributed by atoms with van der Waals surface area (Å²) in [6.07, 6.45) is 5.82. The zero-order valence-electron chi connectivity index (χ0n) is 7.92. The molecule has 0 aromatic carbocycles. The van der Waals surface area contributed by atoms with Gasteiger partial charge in [0.1, 0.15) is 0 Å². The molecular weight excluding hydrogens is 148 g/mol. The molecule has 0 N–H and O–H groups in total. The fourth-order valence-corrected chi connectivity index (χ4v) is 1.42. The van der Waals surface area contributed by atoms with E-state index in [9.17, 15) is 0 Å². The highest BCUT2D eigenvalue weighted by Crippen LogP contribution is 2.29. The highest BCUT2D eigenvalue weighted by molar-refractivity contribution is 4.76. The van der Waals surface area contributed by atoms with Crippen molar-refractivity contribution in [1.82, 2.24) is 4.90 Å². The molecule has 0 heterocycles. The molecule has 68 valence electrons. The van der Waals surface area contributed by atoms with E-state index in [1.54, 1.807) is 0 Å². The summed E-state index contributed by atoms with van der Waals surface area (Å²) in [6.45, 7) is 2.44. The summed E-state index contributed by atoms with van der Waals surface area (Å²) in [5.74, 6) is 0.992. The summed E-state index contributed by atoms with van der Waals surface area (Å²) in [5, 5.41) is 8.32. The lowest BCUT2D eigenvalue weighted by Crippen LogP contribution is -2.22. The number of hydrogen-bond acceptors (Lipinski definition) is 2. The average Bonchev–Trinajstić information content (AvgIpc) is 2.82. The number of nitrogens with zero attached hydrogens (tertiary/aromatic N) is 2. The third-order valence-corrected chi connectivity index (χ3v) is 2.35. The first-order valence-corrected chi connectivity index (χ1v) is 4.88. The Labute approximate surface area is 75.2 Å². The predicted molar refractivity (Wildman–Crippen MR) is 49.7 cm³/mol. The van der Waals surface area contributed by atoms with Gasteiger partial charge in [0, 0.05) is 13.0 Å². The van der Waals surface area contributed by atoms with Gasteiger partial charge in [0.05, 0.1) is 6.07 Å². The van der Waals surface area contributed by atoms with E-state index >= 15 is 0 Å². The van der Waals surface area contributed by atoms with E-state index < -0.39 is 0 Å². The van der Waals surface area contributed by atoms with Crippen molar-refractivity contribution in [1.29, 1.82) is 5.26 Å².